The molecule has 0 saturated heterocycles. The lowest BCUT2D eigenvalue weighted by atomic mass is 10.5. The Labute approximate surface area is 159 Å². The second-order valence-corrected chi connectivity index (χ2v) is 7.31. The normalized spacial score (nSPS) is 11.8. The summed E-state index contributed by atoms with van der Waals surface area (Å²) in [4.78, 5) is 4.37. The molecule has 0 bridgehead atoms. The minimum absolute atomic E-state index is 0. The third-order valence-electron chi connectivity index (χ3n) is 2.59. The van der Waals surface area contributed by atoms with Gasteiger partial charge in [-0.1, -0.05) is 6.07 Å². The number of hydrogen-bond donors (Lipinski definition) is 3. The standard InChI is InChI=1S/C13H24N4O3S2.HI/c1-3-14-13(15-7-5-10-20-2)16-8-9-17-22(18,19)12-6-4-11-21-12;/h4,6,11,17H,3,5,7-10H2,1-2H3,(H2,14,15,16);1H. The summed E-state index contributed by atoms with van der Waals surface area (Å²) in [6.45, 7) is 4.81. The number of nitrogens with zero attached hydrogens (tertiary/aromatic N) is 1. The van der Waals surface area contributed by atoms with Gasteiger partial charge in [0.2, 0.25) is 10.0 Å². The van der Waals surface area contributed by atoms with Crippen LogP contribution < -0.4 is 15.4 Å². The summed E-state index contributed by atoms with van der Waals surface area (Å²) in [6.07, 6.45) is 0.845. The van der Waals surface area contributed by atoms with Crippen molar-refractivity contribution in [1.29, 1.82) is 0 Å². The zero-order valence-corrected chi connectivity index (χ0v) is 17.3. The van der Waals surface area contributed by atoms with E-state index in [1.165, 1.54) is 11.3 Å². The number of ether oxygens (including phenoxy) is 1. The third kappa shape index (κ3) is 9.45. The number of thiophene rings is 1. The van der Waals surface area contributed by atoms with Crippen LogP contribution in [0.5, 0.6) is 0 Å². The van der Waals surface area contributed by atoms with E-state index in [-0.39, 0.29) is 24.0 Å². The number of aliphatic imine (C=N–C) groups is 1. The van der Waals surface area contributed by atoms with Crippen LogP contribution in [0.2, 0.25) is 0 Å². The van der Waals surface area contributed by atoms with Gasteiger partial charge in [0, 0.05) is 39.9 Å². The summed E-state index contributed by atoms with van der Waals surface area (Å²) in [7, 11) is -1.74. The van der Waals surface area contributed by atoms with Crippen LogP contribution in [0.15, 0.2) is 26.7 Å². The summed E-state index contributed by atoms with van der Waals surface area (Å²) >= 11 is 1.20. The molecule has 0 aliphatic carbocycles. The maximum absolute atomic E-state index is 11.9. The minimum atomic E-state index is -3.40. The van der Waals surface area contributed by atoms with Gasteiger partial charge in [0.1, 0.15) is 4.21 Å². The fourth-order valence-electron chi connectivity index (χ4n) is 1.60. The molecule has 1 aromatic heterocycles. The molecule has 0 fully saturated rings. The van der Waals surface area contributed by atoms with Crippen LogP contribution in [0.4, 0.5) is 0 Å². The predicted octanol–water partition coefficient (Wildman–Crippen LogP) is 1.24. The fourth-order valence-corrected chi connectivity index (χ4v) is 3.66. The van der Waals surface area contributed by atoms with Gasteiger partial charge in [0.15, 0.2) is 5.96 Å². The van der Waals surface area contributed by atoms with Gasteiger partial charge in [0.05, 0.1) is 0 Å². The van der Waals surface area contributed by atoms with Gasteiger partial charge in [-0.2, -0.15) is 0 Å². The lowest BCUT2D eigenvalue weighted by Gasteiger charge is -2.11. The van der Waals surface area contributed by atoms with Gasteiger partial charge in [0.25, 0.3) is 0 Å². The minimum Gasteiger partial charge on any atom is -0.385 e. The summed E-state index contributed by atoms with van der Waals surface area (Å²) in [5.41, 5.74) is 0. The number of guanidine groups is 1. The largest absolute Gasteiger partial charge is 0.385 e. The molecule has 10 heteroatoms. The van der Waals surface area contributed by atoms with Crippen molar-refractivity contribution in [3.05, 3.63) is 17.5 Å². The number of nitrogens with one attached hydrogen (secondary N) is 3. The monoisotopic (exact) mass is 476 g/mol. The number of halogens is 1. The first-order chi connectivity index (χ1) is 10.6. The Bertz CT molecular complexity index is 535. The van der Waals surface area contributed by atoms with E-state index in [9.17, 15) is 8.42 Å². The van der Waals surface area contributed by atoms with Gasteiger partial charge in [-0.25, -0.2) is 13.1 Å². The molecule has 0 saturated carbocycles. The highest BCUT2D eigenvalue weighted by molar-refractivity contribution is 14.0. The summed E-state index contributed by atoms with van der Waals surface area (Å²) < 4.78 is 31.7. The average Bonchev–Trinajstić information content (AvgIpc) is 3.03. The molecule has 0 amide bonds. The van der Waals surface area contributed by atoms with E-state index in [1.807, 2.05) is 6.92 Å². The van der Waals surface area contributed by atoms with E-state index in [0.29, 0.717) is 36.4 Å². The molecular weight excluding hydrogens is 451 g/mol. The zero-order chi connectivity index (χ0) is 16.3. The fraction of sp³-hybridized carbons (Fsp3) is 0.615. The molecule has 1 aromatic rings. The summed E-state index contributed by atoms with van der Waals surface area (Å²) in [5, 5.41) is 7.94. The van der Waals surface area contributed by atoms with Crippen molar-refractivity contribution in [2.45, 2.75) is 17.6 Å². The second kappa shape index (κ2) is 12.9. The van der Waals surface area contributed by atoms with Gasteiger partial charge in [-0.15, -0.1) is 35.3 Å². The quantitative estimate of drug-likeness (QED) is 0.205. The van der Waals surface area contributed by atoms with E-state index < -0.39 is 10.0 Å². The maximum Gasteiger partial charge on any atom is 0.250 e. The van der Waals surface area contributed by atoms with E-state index >= 15 is 0 Å². The predicted molar refractivity (Wildman–Crippen MR) is 105 cm³/mol. The third-order valence-corrected chi connectivity index (χ3v) is 5.45. The first-order valence-electron chi connectivity index (χ1n) is 7.14. The highest BCUT2D eigenvalue weighted by Crippen LogP contribution is 2.14. The van der Waals surface area contributed by atoms with Crippen molar-refractivity contribution in [3.8, 4) is 0 Å². The summed E-state index contributed by atoms with van der Waals surface area (Å²) in [6, 6.07) is 3.30. The molecule has 0 unspecified atom stereocenters. The van der Waals surface area contributed by atoms with Crippen molar-refractivity contribution in [2.75, 3.05) is 39.9 Å². The SMILES string of the molecule is CCNC(=NCCCOC)NCCNS(=O)(=O)c1cccs1.I. The number of methoxy groups -OCH3 is 1. The maximum atomic E-state index is 11.9. The van der Waals surface area contributed by atoms with Crippen LogP contribution in [-0.4, -0.2) is 54.3 Å². The molecule has 0 aromatic carbocycles. The molecule has 0 atom stereocenters. The van der Waals surface area contributed by atoms with Crippen LogP contribution in [0.1, 0.15) is 13.3 Å². The van der Waals surface area contributed by atoms with E-state index in [4.69, 9.17) is 4.74 Å². The lowest BCUT2D eigenvalue weighted by Crippen LogP contribution is -2.41. The van der Waals surface area contributed by atoms with Crippen molar-refractivity contribution < 1.29 is 13.2 Å². The Kier molecular flexibility index (Phi) is 12.7. The Morgan fingerprint density at radius 2 is 2.13 bits per heavy atom. The molecular formula is C13H25IN4O3S2. The zero-order valence-electron chi connectivity index (χ0n) is 13.4. The molecule has 3 N–H and O–H groups in total. The van der Waals surface area contributed by atoms with Crippen LogP contribution in [-0.2, 0) is 14.8 Å². The van der Waals surface area contributed by atoms with E-state index in [0.717, 1.165) is 13.0 Å². The summed E-state index contributed by atoms with van der Waals surface area (Å²) in [5.74, 6) is 0.675. The molecule has 23 heavy (non-hydrogen) atoms. The molecule has 0 aliphatic heterocycles. The van der Waals surface area contributed by atoms with E-state index in [1.54, 1.807) is 24.6 Å². The molecule has 0 spiro atoms. The van der Waals surface area contributed by atoms with Crippen molar-refractivity contribution >= 4 is 51.3 Å². The highest BCUT2D eigenvalue weighted by atomic mass is 127. The number of rotatable bonds is 10. The van der Waals surface area contributed by atoms with Crippen LogP contribution in [0.25, 0.3) is 0 Å². The number of sulfonamides is 1. The first kappa shape index (κ1) is 22.6. The Balaban J connectivity index is 0.00000484. The van der Waals surface area contributed by atoms with Gasteiger partial charge < -0.3 is 15.4 Å². The Morgan fingerprint density at radius 1 is 1.35 bits per heavy atom. The Hall–Kier alpha value is -0.430. The average molecular weight is 476 g/mol. The topological polar surface area (TPSA) is 91.8 Å². The molecule has 1 rings (SSSR count). The van der Waals surface area contributed by atoms with Crippen molar-refractivity contribution in [2.24, 2.45) is 4.99 Å². The molecule has 0 aliphatic rings. The smallest absolute Gasteiger partial charge is 0.250 e. The van der Waals surface area contributed by atoms with Crippen LogP contribution in [0.3, 0.4) is 0 Å². The van der Waals surface area contributed by atoms with Crippen LogP contribution >= 0.6 is 35.3 Å². The second-order valence-electron chi connectivity index (χ2n) is 4.36. The van der Waals surface area contributed by atoms with Crippen molar-refractivity contribution in [3.63, 3.8) is 0 Å². The molecule has 7 nitrogen and oxygen atoms in total. The molecule has 134 valence electrons. The van der Waals surface area contributed by atoms with Crippen molar-refractivity contribution in [1.82, 2.24) is 15.4 Å². The first-order valence-corrected chi connectivity index (χ1v) is 9.50. The Morgan fingerprint density at radius 3 is 2.74 bits per heavy atom. The highest BCUT2D eigenvalue weighted by Gasteiger charge is 2.13. The van der Waals surface area contributed by atoms with Gasteiger partial charge in [-0.05, 0) is 24.8 Å². The molecule has 1 heterocycles. The van der Waals surface area contributed by atoms with E-state index in [2.05, 4.69) is 20.3 Å². The number of hydrogen-bond acceptors (Lipinski definition) is 5. The van der Waals surface area contributed by atoms with Crippen LogP contribution in [0, 0.1) is 0 Å². The lowest BCUT2D eigenvalue weighted by molar-refractivity contribution is 0.197. The van der Waals surface area contributed by atoms with Gasteiger partial charge in [-0.3, -0.25) is 4.99 Å². The molecule has 0 radical (unpaired) electrons. The van der Waals surface area contributed by atoms with Gasteiger partial charge >= 0.3 is 0 Å².